The van der Waals surface area contributed by atoms with Crippen LogP contribution in [0.2, 0.25) is 0 Å². The Hall–Kier alpha value is -0.850. The van der Waals surface area contributed by atoms with E-state index in [0.717, 1.165) is 32.6 Å². The normalized spacial score (nSPS) is 20.7. The molecule has 1 fully saturated rings. The van der Waals surface area contributed by atoms with E-state index in [4.69, 9.17) is 15.2 Å². The SMILES string of the molecule is CN(CC1CCCOC1)C(CN)CCNC(=O)OC(C)(C)C. The molecule has 22 heavy (non-hydrogen) atoms. The average Bonchev–Trinajstić information content (AvgIpc) is 2.42. The molecular formula is C16H33N3O3. The summed E-state index contributed by atoms with van der Waals surface area (Å²) in [5.41, 5.74) is 5.42. The van der Waals surface area contributed by atoms with Gasteiger partial charge in [-0.25, -0.2) is 4.79 Å². The summed E-state index contributed by atoms with van der Waals surface area (Å²) < 4.78 is 10.7. The zero-order chi connectivity index (χ0) is 16.6. The Morgan fingerprint density at radius 3 is 2.77 bits per heavy atom. The first-order valence-electron chi connectivity index (χ1n) is 8.26. The minimum atomic E-state index is -0.463. The third-order valence-corrected chi connectivity index (χ3v) is 3.84. The Bertz CT molecular complexity index is 325. The molecule has 0 saturated carbocycles. The van der Waals surface area contributed by atoms with Crippen LogP contribution in [-0.4, -0.2) is 62.5 Å². The van der Waals surface area contributed by atoms with Gasteiger partial charge in [-0.15, -0.1) is 0 Å². The van der Waals surface area contributed by atoms with Crippen molar-refractivity contribution < 1.29 is 14.3 Å². The van der Waals surface area contributed by atoms with Gasteiger partial charge in [0.25, 0.3) is 0 Å². The van der Waals surface area contributed by atoms with Crippen molar-refractivity contribution >= 4 is 6.09 Å². The van der Waals surface area contributed by atoms with Crippen molar-refractivity contribution in [2.75, 3.05) is 39.9 Å². The van der Waals surface area contributed by atoms with Gasteiger partial charge in [0.2, 0.25) is 0 Å². The first kappa shape index (κ1) is 19.2. The monoisotopic (exact) mass is 315 g/mol. The van der Waals surface area contributed by atoms with Crippen LogP contribution < -0.4 is 11.1 Å². The third-order valence-electron chi connectivity index (χ3n) is 3.84. The van der Waals surface area contributed by atoms with Crippen molar-refractivity contribution in [3.8, 4) is 0 Å². The van der Waals surface area contributed by atoms with Crippen LogP contribution >= 0.6 is 0 Å². The topological polar surface area (TPSA) is 76.8 Å². The summed E-state index contributed by atoms with van der Waals surface area (Å²) in [5.74, 6) is 0.589. The molecule has 1 heterocycles. The number of carbonyl (C=O) groups is 1. The van der Waals surface area contributed by atoms with Gasteiger partial charge in [-0.1, -0.05) is 0 Å². The summed E-state index contributed by atoms with van der Waals surface area (Å²) in [4.78, 5) is 13.9. The zero-order valence-corrected chi connectivity index (χ0v) is 14.6. The van der Waals surface area contributed by atoms with E-state index < -0.39 is 5.60 Å². The van der Waals surface area contributed by atoms with E-state index >= 15 is 0 Å². The van der Waals surface area contributed by atoms with E-state index in [1.54, 1.807) is 0 Å². The van der Waals surface area contributed by atoms with Crippen molar-refractivity contribution in [1.82, 2.24) is 10.2 Å². The van der Waals surface area contributed by atoms with Gasteiger partial charge in [-0.2, -0.15) is 0 Å². The Kier molecular flexibility index (Phi) is 8.14. The van der Waals surface area contributed by atoms with E-state index in [1.807, 2.05) is 20.8 Å². The lowest BCUT2D eigenvalue weighted by Gasteiger charge is -2.32. The highest BCUT2D eigenvalue weighted by Crippen LogP contribution is 2.16. The average molecular weight is 315 g/mol. The van der Waals surface area contributed by atoms with Gasteiger partial charge in [0.1, 0.15) is 5.60 Å². The first-order valence-corrected chi connectivity index (χ1v) is 8.26. The highest BCUT2D eigenvalue weighted by atomic mass is 16.6. The van der Waals surface area contributed by atoms with Gasteiger partial charge < -0.3 is 25.4 Å². The molecule has 0 aromatic rings. The summed E-state index contributed by atoms with van der Waals surface area (Å²) >= 11 is 0. The first-order chi connectivity index (χ1) is 10.3. The second kappa shape index (κ2) is 9.33. The molecule has 6 heteroatoms. The molecule has 1 aliphatic heterocycles. The minimum absolute atomic E-state index is 0.261. The van der Waals surface area contributed by atoms with Crippen molar-refractivity contribution in [1.29, 1.82) is 0 Å². The third kappa shape index (κ3) is 7.96. The smallest absolute Gasteiger partial charge is 0.407 e. The molecular weight excluding hydrogens is 282 g/mol. The fourth-order valence-electron chi connectivity index (χ4n) is 2.68. The summed E-state index contributed by atoms with van der Waals surface area (Å²) in [6.07, 6.45) is 2.82. The number of hydrogen-bond acceptors (Lipinski definition) is 5. The molecule has 1 rings (SSSR count). The van der Waals surface area contributed by atoms with E-state index in [-0.39, 0.29) is 12.1 Å². The van der Waals surface area contributed by atoms with Gasteiger partial charge in [-0.3, -0.25) is 0 Å². The second-order valence-corrected chi connectivity index (χ2v) is 7.13. The van der Waals surface area contributed by atoms with Crippen LogP contribution in [0.3, 0.4) is 0 Å². The predicted octanol–water partition coefficient (Wildman–Crippen LogP) is 1.59. The Morgan fingerprint density at radius 1 is 1.50 bits per heavy atom. The summed E-state index contributed by atoms with van der Waals surface area (Å²) in [5, 5.41) is 2.79. The Balaban J connectivity index is 2.26. The minimum Gasteiger partial charge on any atom is -0.444 e. The Morgan fingerprint density at radius 2 is 2.23 bits per heavy atom. The van der Waals surface area contributed by atoms with E-state index in [9.17, 15) is 4.79 Å². The maximum atomic E-state index is 11.6. The number of amides is 1. The van der Waals surface area contributed by atoms with Crippen LogP contribution in [0.15, 0.2) is 0 Å². The highest BCUT2D eigenvalue weighted by Gasteiger charge is 2.21. The zero-order valence-electron chi connectivity index (χ0n) is 14.6. The lowest BCUT2D eigenvalue weighted by atomic mass is 10.0. The number of alkyl carbamates (subject to hydrolysis) is 1. The fourth-order valence-corrected chi connectivity index (χ4v) is 2.68. The molecule has 3 N–H and O–H groups in total. The van der Waals surface area contributed by atoms with E-state index in [0.29, 0.717) is 19.0 Å². The largest absolute Gasteiger partial charge is 0.444 e. The molecule has 0 bridgehead atoms. The number of likely N-dealkylation sites (N-methyl/N-ethyl adjacent to an activating group) is 1. The van der Waals surface area contributed by atoms with Crippen molar-refractivity contribution in [2.45, 2.75) is 51.7 Å². The molecule has 0 aromatic carbocycles. The van der Waals surface area contributed by atoms with Crippen LogP contribution in [0.1, 0.15) is 40.0 Å². The van der Waals surface area contributed by atoms with Crippen LogP contribution in [0.4, 0.5) is 4.79 Å². The molecule has 0 radical (unpaired) electrons. The highest BCUT2D eigenvalue weighted by molar-refractivity contribution is 5.67. The number of nitrogens with one attached hydrogen (secondary N) is 1. The number of nitrogens with two attached hydrogens (primary N) is 1. The van der Waals surface area contributed by atoms with Crippen molar-refractivity contribution in [3.05, 3.63) is 0 Å². The lowest BCUT2D eigenvalue weighted by molar-refractivity contribution is 0.0356. The number of nitrogens with zero attached hydrogens (tertiary/aromatic N) is 1. The van der Waals surface area contributed by atoms with E-state index in [1.165, 1.54) is 6.42 Å². The predicted molar refractivity (Wildman–Crippen MR) is 87.9 cm³/mol. The number of ether oxygens (including phenoxy) is 2. The van der Waals surface area contributed by atoms with Gasteiger partial charge in [0.05, 0.1) is 6.61 Å². The van der Waals surface area contributed by atoms with Crippen molar-refractivity contribution in [2.24, 2.45) is 11.7 Å². The van der Waals surface area contributed by atoms with Gasteiger partial charge in [0, 0.05) is 32.3 Å². The standard InChI is InChI=1S/C16H33N3O3/c1-16(2,3)22-15(20)18-8-7-14(10-17)19(4)11-13-6-5-9-21-12-13/h13-14H,5-12,17H2,1-4H3,(H,18,20). The van der Waals surface area contributed by atoms with Crippen LogP contribution in [0.5, 0.6) is 0 Å². The maximum absolute atomic E-state index is 11.6. The van der Waals surface area contributed by atoms with Crippen LogP contribution in [-0.2, 0) is 9.47 Å². The van der Waals surface area contributed by atoms with Crippen LogP contribution in [0.25, 0.3) is 0 Å². The Labute approximate surface area is 134 Å². The molecule has 1 amide bonds. The van der Waals surface area contributed by atoms with Gasteiger partial charge in [-0.05, 0) is 53.0 Å². The molecule has 1 aliphatic rings. The summed E-state index contributed by atoms with van der Waals surface area (Å²) in [6, 6.07) is 0.261. The summed E-state index contributed by atoms with van der Waals surface area (Å²) in [7, 11) is 2.10. The molecule has 6 nitrogen and oxygen atoms in total. The van der Waals surface area contributed by atoms with Gasteiger partial charge >= 0.3 is 6.09 Å². The number of rotatable bonds is 7. The number of hydrogen-bond donors (Lipinski definition) is 2. The van der Waals surface area contributed by atoms with Crippen molar-refractivity contribution in [3.63, 3.8) is 0 Å². The molecule has 1 saturated heterocycles. The molecule has 2 unspecified atom stereocenters. The van der Waals surface area contributed by atoms with E-state index in [2.05, 4.69) is 17.3 Å². The van der Waals surface area contributed by atoms with Gasteiger partial charge in [0.15, 0.2) is 0 Å². The molecule has 130 valence electrons. The summed E-state index contributed by atoms with van der Waals surface area (Å²) in [6.45, 7) is 9.45. The second-order valence-electron chi connectivity index (χ2n) is 7.13. The molecule has 0 spiro atoms. The van der Waals surface area contributed by atoms with Crippen LogP contribution in [0, 0.1) is 5.92 Å². The molecule has 0 aliphatic carbocycles. The quantitative estimate of drug-likeness (QED) is 0.746. The molecule has 0 aromatic heterocycles. The maximum Gasteiger partial charge on any atom is 0.407 e. The molecule has 2 atom stereocenters. The fraction of sp³-hybridized carbons (Fsp3) is 0.938. The lowest BCUT2D eigenvalue weighted by Crippen LogP contribution is -2.44. The number of carbonyl (C=O) groups excluding carboxylic acids is 1.